The van der Waals surface area contributed by atoms with E-state index in [4.69, 9.17) is 26.8 Å². The van der Waals surface area contributed by atoms with E-state index in [0.29, 0.717) is 22.8 Å². The number of nitrogens with one attached hydrogen (secondary N) is 1. The Morgan fingerprint density at radius 1 is 1.28 bits per heavy atom. The van der Waals surface area contributed by atoms with Crippen LogP contribution in [0.5, 0.6) is 0 Å². The van der Waals surface area contributed by atoms with Gasteiger partial charge in [0.15, 0.2) is 0 Å². The Kier molecular flexibility index (Phi) is 9.84. The van der Waals surface area contributed by atoms with E-state index < -0.39 is 23.9 Å². The maximum absolute atomic E-state index is 12.8. The molecule has 8 nitrogen and oxygen atoms in total. The molecule has 0 bridgehead atoms. The number of rotatable bonds is 10. The molecule has 0 spiro atoms. The summed E-state index contributed by atoms with van der Waals surface area (Å²) in [5, 5.41) is 12.7. The summed E-state index contributed by atoms with van der Waals surface area (Å²) in [4.78, 5) is 37.6. The Morgan fingerprint density at radius 2 is 1.97 bits per heavy atom. The topological polar surface area (TPSA) is 132 Å². The molecule has 170 valence electrons. The fraction of sp³-hybridized carbons (Fsp3) is 0.333. The Bertz CT molecular complexity index is 1020. The van der Waals surface area contributed by atoms with Crippen LogP contribution >= 0.6 is 34.7 Å². The molecule has 0 aliphatic heterocycles. The van der Waals surface area contributed by atoms with Gasteiger partial charge in [0.25, 0.3) is 5.91 Å². The van der Waals surface area contributed by atoms with Crippen molar-refractivity contribution in [3.05, 3.63) is 50.9 Å². The Labute approximate surface area is 199 Å². The first-order valence-electron chi connectivity index (χ1n) is 9.52. The van der Waals surface area contributed by atoms with E-state index in [1.54, 1.807) is 31.2 Å². The molecule has 0 fully saturated rings. The van der Waals surface area contributed by atoms with E-state index in [9.17, 15) is 19.6 Å². The SMILES string of the molecule is CCOC(=O)c1sc(N)c(C#N)c1COC(=O)C(CCSC)NC(=O)c1ccc(Cl)cc1. The third-order valence-electron chi connectivity index (χ3n) is 4.27. The van der Waals surface area contributed by atoms with Crippen molar-refractivity contribution in [2.75, 3.05) is 24.3 Å². The minimum Gasteiger partial charge on any atom is -0.462 e. The first-order valence-corrected chi connectivity index (χ1v) is 12.1. The van der Waals surface area contributed by atoms with E-state index >= 15 is 0 Å². The lowest BCUT2D eigenvalue weighted by atomic mass is 10.1. The zero-order chi connectivity index (χ0) is 23.7. The van der Waals surface area contributed by atoms with Gasteiger partial charge in [-0.05, 0) is 49.6 Å². The zero-order valence-corrected chi connectivity index (χ0v) is 19.9. The Hall–Kier alpha value is -2.74. The van der Waals surface area contributed by atoms with Crippen LogP contribution in [0.2, 0.25) is 5.02 Å². The molecule has 1 amide bonds. The molecule has 0 saturated carbocycles. The van der Waals surface area contributed by atoms with Gasteiger partial charge in [-0.15, -0.1) is 11.3 Å². The highest BCUT2D eigenvalue weighted by Crippen LogP contribution is 2.32. The van der Waals surface area contributed by atoms with Gasteiger partial charge in [0.1, 0.15) is 28.6 Å². The molecular formula is C21H22ClN3O5S2. The number of carbonyl (C=O) groups excluding carboxylic acids is 3. The van der Waals surface area contributed by atoms with Crippen LogP contribution in [0.3, 0.4) is 0 Å². The van der Waals surface area contributed by atoms with Crippen LogP contribution in [-0.2, 0) is 20.9 Å². The van der Waals surface area contributed by atoms with E-state index in [1.165, 1.54) is 11.8 Å². The summed E-state index contributed by atoms with van der Waals surface area (Å²) in [5.74, 6) is -1.19. The van der Waals surface area contributed by atoms with Gasteiger partial charge < -0.3 is 20.5 Å². The smallest absolute Gasteiger partial charge is 0.348 e. The van der Waals surface area contributed by atoms with Gasteiger partial charge in [-0.25, -0.2) is 9.59 Å². The minimum absolute atomic E-state index is 0.0664. The lowest BCUT2D eigenvalue weighted by molar-refractivity contribution is -0.147. The molecule has 2 rings (SSSR count). The number of benzene rings is 1. The lowest BCUT2D eigenvalue weighted by Crippen LogP contribution is -2.42. The molecular weight excluding hydrogens is 474 g/mol. The number of hydrogen-bond donors (Lipinski definition) is 2. The Morgan fingerprint density at radius 3 is 2.56 bits per heavy atom. The van der Waals surface area contributed by atoms with E-state index in [0.717, 1.165) is 11.3 Å². The molecule has 0 radical (unpaired) electrons. The second-order valence-corrected chi connectivity index (χ2v) is 8.88. The Balaban J connectivity index is 2.16. The summed E-state index contributed by atoms with van der Waals surface area (Å²) in [6.45, 7) is 1.45. The average molecular weight is 496 g/mol. The number of thiophene rings is 1. The van der Waals surface area contributed by atoms with Crippen molar-refractivity contribution in [3.8, 4) is 6.07 Å². The standard InChI is InChI=1S/C21H22ClN3O5S2/c1-3-29-21(28)17-15(14(10-23)18(24)32-17)11-30-20(27)16(8-9-31-2)25-19(26)12-4-6-13(22)7-5-12/h4-7,16H,3,8-9,11,24H2,1-2H3,(H,25,26). The van der Waals surface area contributed by atoms with Crippen molar-refractivity contribution in [1.82, 2.24) is 5.32 Å². The van der Waals surface area contributed by atoms with E-state index in [1.807, 2.05) is 12.3 Å². The number of halogens is 1. The summed E-state index contributed by atoms with van der Waals surface area (Å²) in [6, 6.07) is 7.26. The van der Waals surface area contributed by atoms with Gasteiger partial charge in [0, 0.05) is 16.1 Å². The summed E-state index contributed by atoms with van der Waals surface area (Å²) >= 11 is 8.26. The summed E-state index contributed by atoms with van der Waals surface area (Å²) < 4.78 is 10.4. The molecule has 1 heterocycles. The van der Waals surface area contributed by atoms with Crippen LogP contribution in [0.4, 0.5) is 5.00 Å². The normalized spacial score (nSPS) is 11.3. The fourth-order valence-electron chi connectivity index (χ4n) is 2.68. The maximum atomic E-state index is 12.8. The molecule has 2 aromatic rings. The van der Waals surface area contributed by atoms with Gasteiger partial charge in [0.2, 0.25) is 0 Å². The quantitative estimate of drug-likeness (QED) is 0.477. The number of anilines is 1. The highest BCUT2D eigenvalue weighted by molar-refractivity contribution is 7.98. The first-order chi connectivity index (χ1) is 15.3. The predicted octanol–water partition coefficient (Wildman–Crippen LogP) is 3.63. The number of nitrogens with zero attached hydrogens (tertiary/aromatic N) is 1. The fourth-order valence-corrected chi connectivity index (χ4v) is 4.19. The zero-order valence-electron chi connectivity index (χ0n) is 17.5. The second kappa shape index (κ2) is 12.3. The molecule has 1 aromatic heterocycles. The molecule has 1 unspecified atom stereocenters. The molecule has 0 aliphatic carbocycles. The lowest BCUT2D eigenvalue weighted by Gasteiger charge is -2.17. The number of nitriles is 1. The summed E-state index contributed by atoms with van der Waals surface area (Å²) in [5.41, 5.74) is 6.44. The van der Waals surface area contributed by atoms with Crippen molar-refractivity contribution in [3.63, 3.8) is 0 Å². The average Bonchev–Trinajstić information content (AvgIpc) is 3.10. The van der Waals surface area contributed by atoms with E-state index in [-0.39, 0.29) is 34.2 Å². The number of esters is 2. The molecule has 1 atom stereocenters. The van der Waals surface area contributed by atoms with Crippen LogP contribution in [0.1, 0.15) is 44.5 Å². The number of carbonyl (C=O) groups is 3. The van der Waals surface area contributed by atoms with Crippen molar-refractivity contribution in [1.29, 1.82) is 5.26 Å². The predicted molar refractivity (Wildman–Crippen MR) is 125 cm³/mol. The van der Waals surface area contributed by atoms with Gasteiger partial charge in [-0.3, -0.25) is 4.79 Å². The number of thioether (sulfide) groups is 1. The molecule has 11 heteroatoms. The van der Waals surface area contributed by atoms with Crippen LogP contribution < -0.4 is 11.1 Å². The second-order valence-electron chi connectivity index (χ2n) is 6.40. The molecule has 1 aromatic carbocycles. The van der Waals surface area contributed by atoms with Crippen molar-refractivity contribution in [2.24, 2.45) is 0 Å². The number of nitrogen functional groups attached to an aromatic ring is 1. The van der Waals surface area contributed by atoms with Crippen molar-refractivity contribution >= 4 is 57.5 Å². The van der Waals surface area contributed by atoms with Gasteiger partial charge in [-0.1, -0.05) is 11.6 Å². The van der Waals surface area contributed by atoms with Crippen molar-refractivity contribution in [2.45, 2.75) is 26.0 Å². The van der Waals surface area contributed by atoms with Crippen LogP contribution in [0.25, 0.3) is 0 Å². The first kappa shape index (κ1) is 25.5. The minimum atomic E-state index is -0.918. The molecule has 0 saturated heterocycles. The third-order valence-corrected chi connectivity index (χ3v) is 6.21. The monoisotopic (exact) mass is 495 g/mol. The van der Waals surface area contributed by atoms with Crippen LogP contribution in [0.15, 0.2) is 24.3 Å². The van der Waals surface area contributed by atoms with Crippen LogP contribution in [0, 0.1) is 11.3 Å². The number of amides is 1. The van der Waals surface area contributed by atoms with Gasteiger partial charge in [0.05, 0.1) is 12.2 Å². The third kappa shape index (κ3) is 6.63. The molecule has 0 aliphatic rings. The van der Waals surface area contributed by atoms with Crippen LogP contribution in [-0.4, -0.2) is 42.5 Å². The highest BCUT2D eigenvalue weighted by atomic mass is 35.5. The van der Waals surface area contributed by atoms with Crippen molar-refractivity contribution < 1.29 is 23.9 Å². The van der Waals surface area contributed by atoms with Gasteiger partial charge in [-0.2, -0.15) is 17.0 Å². The number of nitrogens with two attached hydrogens (primary N) is 1. The molecule has 3 N–H and O–H groups in total. The number of hydrogen-bond acceptors (Lipinski definition) is 9. The maximum Gasteiger partial charge on any atom is 0.348 e. The highest BCUT2D eigenvalue weighted by Gasteiger charge is 2.27. The van der Waals surface area contributed by atoms with E-state index in [2.05, 4.69) is 5.32 Å². The largest absolute Gasteiger partial charge is 0.462 e. The molecule has 32 heavy (non-hydrogen) atoms. The summed E-state index contributed by atoms with van der Waals surface area (Å²) in [7, 11) is 0. The van der Waals surface area contributed by atoms with Gasteiger partial charge >= 0.3 is 11.9 Å². The summed E-state index contributed by atoms with van der Waals surface area (Å²) in [6.07, 6.45) is 2.21. The number of ether oxygens (including phenoxy) is 2.